The fourth-order valence-electron chi connectivity index (χ4n) is 1.76. The van der Waals surface area contributed by atoms with Crippen molar-refractivity contribution in [2.45, 2.75) is 13.3 Å². The number of nitrogens with zero attached hydrogens (tertiary/aromatic N) is 1. The lowest BCUT2D eigenvalue weighted by molar-refractivity contribution is 0.102. The van der Waals surface area contributed by atoms with E-state index in [0.29, 0.717) is 11.4 Å². The summed E-state index contributed by atoms with van der Waals surface area (Å²) in [5, 5.41) is 5.84. The van der Waals surface area contributed by atoms with E-state index in [1.807, 2.05) is 37.3 Å². The molecular formula is C15H16BrN3O. The zero-order chi connectivity index (χ0) is 14.5. The normalized spacial score (nSPS) is 10.2. The Hall–Kier alpha value is -1.88. The number of anilines is 2. The van der Waals surface area contributed by atoms with E-state index in [-0.39, 0.29) is 5.91 Å². The molecule has 5 heteroatoms. The molecule has 104 valence electrons. The van der Waals surface area contributed by atoms with Gasteiger partial charge in [0.05, 0.1) is 0 Å². The second kappa shape index (κ2) is 6.52. The van der Waals surface area contributed by atoms with Crippen molar-refractivity contribution in [3.63, 3.8) is 0 Å². The lowest BCUT2D eigenvalue weighted by Gasteiger charge is -2.09. The van der Waals surface area contributed by atoms with Gasteiger partial charge in [-0.15, -0.1) is 0 Å². The number of hydrogen-bond acceptors (Lipinski definition) is 3. The smallest absolute Gasteiger partial charge is 0.255 e. The van der Waals surface area contributed by atoms with Crippen LogP contribution in [-0.2, 0) is 6.42 Å². The molecule has 0 aliphatic heterocycles. The van der Waals surface area contributed by atoms with Crippen molar-refractivity contribution in [2.75, 3.05) is 17.7 Å². The van der Waals surface area contributed by atoms with E-state index in [4.69, 9.17) is 0 Å². The van der Waals surface area contributed by atoms with Crippen molar-refractivity contribution < 1.29 is 4.79 Å². The quantitative estimate of drug-likeness (QED) is 0.896. The first-order valence-electron chi connectivity index (χ1n) is 6.38. The molecule has 0 fully saturated rings. The highest BCUT2D eigenvalue weighted by Crippen LogP contribution is 2.16. The monoisotopic (exact) mass is 333 g/mol. The van der Waals surface area contributed by atoms with Gasteiger partial charge in [0.25, 0.3) is 5.91 Å². The summed E-state index contributed by atoms with van der Waals surface area (Å²) < 4.78 is 0.977. The third kappa shape index (κ3) is 3.57. The van der Waals surface area contributed by atoms with Gasteiger partial charge < -0.3 is 10.6 Å². The highest BCUT2D eigenvalue weighted by molar-refractivity contribution is 9.10. The van der Waals surface area contributed by atoms with E-state index >= 15 is 0 Å². The number of aryl methyl sites for hydroxylation is 1. The van der Waals surface area contributed by atoms with E-state index < -0.39 is 0 Å². The van der Waals surface area contributed by atoms with Gasteiger partial charge in [-0.25, -0.2) is 4.98 Å². The maximum Gasteiger partial charge on any atom is 0.255 e. The first kappa shape index (κ1) is 14.5. The Kier molecular flexibility index (Phi) is 4.74. The van der Waals surface area contributed by atoms with Gasteiger partial charge in [-0.05, 0) is 42.8 Å². The molecule has 2 aromatic rings. The maximum absolute atomic E-state index is 12.3. The lowest BCUT2D eigenvalue weighted by atomic mass is 10.1. The molecule has 0 saturated heterocycles. The summed E-state index contributed by atoms with van der Waals surface area (Å²) >= 11 is 3.37. The van der Waals surface area contributed by atoms with Crippen LogP contribution in [0.5, 0.6) is 0 Å². The number of nitrogens with one attached hydrogen (secondary N) is 2. The number of carbonyl (C=O) groups excluding carboxylic acids is 1. The van der Waals surface area contributed by atoms with Crippen molar-refractivity contribution in [1.82, 2.24) is 4.98 Å². The van der Waals surface area contributed by atoms with Crippen LogP contribution in [0.1, 0.15) is 23.0 Å². The van der Waals surface area contributed by atoms with Crippen LogP contribution in [0.4, 0.5) is 11.5 Å². The molecule has 0 aliphatic rings. The molecule has 0 unspecified atom stereocenters. The topological polar surface area (TPSA) is 54.0 Å². The number of hydrogen-bond donors (Lipinski definition) is 2. The number of carbonyl (C=O) groups is 1. The number of amides is 1. The van der Waals surface area contributed by atoms with Crippen LogP contribution in [0.25, 0.3) is 0 Å². The molecule has 2 rings (SSSR count). The number of aromatic nitrogens is 1. The molecule has 4 nitrogen and oxygen atoms in total. The van der Waals surface area contributed by atoms with E-state index in [1.165, 1.54) is 0 Å². The summed E-state index contributed by atoms with van der Waals surface area (Å²) in [6.07, 6.45) is 0.786. The number of pyridine rings is 1. The Labute approximate surface area is 126 Å². The van der Waals surface area contributed by atoms with E-state index in [0.717, 1.165) is 22.3 Å². The zero-order valence-electron chi connectivity index (χ0n) is 11.4. The van der Waals surface area contributed by atoms with Crippen molar-refractivity contribution >= 4 is 33.3 Å². The Morgan fingerprint density at radius 3 is 2.55 bits per heavy atom. The SMILES string of the molecule is CCc1cc(C(=O)Nc2ccc(Br)cc2)cc(NC)n1. The van der Waals surface area contributed by atoms with Gasteiger partial charge >= 0.3 is 0 Å². The van der Waals surface area contributed by atoms with Gasteiger partial charge in [-0.2, -0.15) is 0 Å². The third-order valence-electron chi connectivity index (χ3n) is 2.86. The summed E-state index contributed by atoms with van der Waals surface area (Å²) in [5.74, 6) is 0.561. The lowest BCUT2D eigenvalue weighted by Crippen LogP contribution is -2.13. The summed E-state index contributed by atoms with van der Waals surface area (Å²) in [7, 11) is 1.79. The van der Waals surface area contributed by atoms with E-state index in [2.05, 4.69) is 31.5 Å². The average molecular weight is 334 g/mol. The third-order valence-corrected chi connectivity index (χ3v) is 3.39. The molecule has 1 aromatic carbocycles. The molecular weight excluding hydrogens is 318 g/mol. The van der Waals surface area contributed by atoms with Crippen LogP contribution < -0.4 is 10.6 Å². The summed E-state index contributed by atoms with van der Waals surface area (Å²) in [5.41, 5.74) is 2.25. The van der Waals surface area contributed by atoms with Crippen LogP contribution in [0.3, 0.4) is 0 Å². The number of halogens is 1. The standard InChI is InChI=1S/C15H16BrN3O/c1-3-12-8-10(9-14(17-2)18-12)15(20)19-13-6-4-11(16)5-7-13/h4-9H,3H2,1-2H3,(H,17,18)(H,19,20). The molecule has 0 radical (unpaired) electrons. The molecule has 1 heterocycles. The van der Waals surface area contributed by atoms with Crippen molar-refractivity contribution in [1.29, 1.82) is 0 Å². The van der Waals surface area contributed by atoms with Crippen molar-refractivity contribution in [2.24, 2.45) is 0 Å². The van der Waals surface area contributed by atoms with Crippen LogP contribution in [0.15, 0.2) is 40.9 Å². The summed E-state index contributed by atoms with van der Waals surface area (Å²) in [4.78, 5) is 16.6. The second-order valence-corrected chi connectivity index (χ2v) is 5.21. The summed E-state index contributed by atoms with van der Waals surface area (Å²) in [6, 6.07) is 11.0. The molecule has 20 heavy (non-hydrogen) atoms. The van der Waals surface area contributed by atoms with Crippen molar-refractivity contribution in [3.8, 4) is 0 Å². The van der Waals surface area contributed by atoms with Crippen molar-refractivity contribution in [3.05, 3.63) is 52.1 Å². The molecule has 0 aliphatic carbocycles. The number of benzene rings is 1. The molecule has 1 aromatic heterocycles. The van der Waals surface area contributed by atoms with Gasteiger partial charge in [0.2, 0.25) is 0 Å². The van der Waals surface area contributed by atoms with Gasteiger partial charge in [0.15, 0.2) is 0 Å². The predicted octanol–water partition coefficient (Wildman–Crippen LogP) is 3.70. The molecule has 0 bridgehead atoms. The predicted molar refractivity (Wildman–Crippen MR) is 85.3 cm³/mol. The molecule has 2 N–H and O–H groups in total. The highest BCUT2D eigenvalue weighted by Gasteiger charge is 2.09. The second-order valence-electron chi connectivity index (χ2n) is 4.30. The fraction of sp³-hybridized carbons (Fsp3) is 0.200. The Morgan fingerprint density at radius 2 is 1.95 bits per heavy atom. The maximum atomic E-state index is 12.3. The fourth-order valence-corrected chi connectivity index (χ4v) is 2.03. The Morgan fingerprint density at radius 1 is 1.25 bits per heavy atom. The van der Waals surface area contributed by atoms with Crippen LogP contribution in [-0.4, -0.2) is 17.9 Å². The molecule has 0 saturated carbocycles. The van der Waals surface area contributed by atoms with Gasteiger partial charge in [0, 0.05) is 28.5 Å². The summed E-state index contributed by atoms with van der Waals surface area (Å²) in [6.45, 7) is 2.01. The number of rotatable bonds is 4. The Bertz CT molecular complexity index is 589. The largest absolute Gasteiger partial charge is 0.373 e. The van der Waals surface area contributed by atoms with Gasteiger partial charge in [-0.3, -0.25) is 4.79 Å². The first-order chi connectivity index (χ1) is 9.62. The molecule has 0 atom stereocenters. The minimum Gasteiger partial charge on any atom is -0.373 e. The van der Waals surface area contributed by atoms with Crippen LogP contribution in [0, 0.1) is 0 Å². The highest BCUT2D eigenvalue weighted by atomic mass is 79.9. The minimum atomic E-state index is -0.138. The Balaban J connectivity index is 2.22. The first-order valence-corrected chi connectivity index (χ1v) is 7.17. The van der Waals surface area contributed by atoms with Gasteiger partial charge in [0.1, 0.15) is 5.82 Å². The zero-order valence-corrected chi connectivity index (χ0v) is 13.0. The average Bonchev–Trinajstić information content (AvgIpc) is 2.48. The van der Waals surface area contributed by atoms with E-state index in [1.54, 1.807) is 13.1 Å². The van der Waals surface area contributed by atoms with Gasteiger partial charge in [-0.1, -0.05) is 22.9 Å². The van der Waals surface area contributed by atoms with E-state index in [9.17, 15) is 4.79 Å². The molecule has 0 spiro atoms. The minimum absolute atomic E-state index is 0.138. The van der Waals surface area contributed by atoms with Crippen LogP contribution in [0.2, 0.25) is 0 Å². The van der Waals surface area contributed by atoms with Crippen LogP contribution >= 0.6 is 15.9 Å². The molecule has 1 amide bonds.